The van der Waals surface area contributed by atoms with E-state index in [0.29, 0.717) is 17.9 Å². The van der Waals surface area contributed by atoms with E-state index in [0.717, 1.165) is 5.69 Å². The number of hydrogen-bond donors (Lipinski definition) is 1. The molecule has 2 aromatic rings. The molecule has 0 saturated heterocycles. The Balaban J connectivity index is 2.17. The first-order chi connectivity index (χ1) is 9.35. The fourth-order valence-corrected chi connectivity index (χ4v) is 3.15. The Morgan fingerprint density at radius 1 is 1.35 bits per heavy atom. The van der Waals surface area contributed by atoms with Gasteiger partial charge in [-0.25, -0.2) is 13.1 Å². The van der Waals surface area contributed by atoms with E-state index in [-0.39, 0.29) is 11.4 Å². The predicted octanol–water partition coefficient (Wildman–Crippen LogP) is 0.732. The maximum Gasteiger partial charge on any atom is 0.244 e. The van der Waals surface area contributed by atoms with Crippen LogP contribution in [-0.4, -0.2) is 28.0 Å². The van der Waals surface area contributed by atoms with Crippen LogP contribution in [0.4, 0.5) is 0 Å². The summed E-state index contributed by atoms with van der Waals surface area (Å²) >= 11 is 0. The van der Waals surface area contributed by atoms with Gasteiger partial charge < -0.3 is 0 Å². The molecule has 0 aliphatic rings. The molecule has 0 atom stereocenters. The molecule has 110 valence electrons. The third-order valence-electron chi connectivity index (χ3n) is 3.25. The van der Waals surface area contributed by atoms with Crippen LogP contribution < -0.4 is 4.72 Å². The van der Waals surface area contributed by atoms with Crippen molar-refractivity contribution in [2.24, 2.45) is 7.05 Å². The highest BCUT2D eigenvalue weighted by Gasteiger charge is 2.20. The zero-order valence-electron chi connectivity index (χ0n) is 12.1. The van der Waals surface area contributed by atoms with Crippen LogP contribution in [0.25, 0.3) is 0 Å². The third kappa shape index (κ3) is 2.75. The molecular formula is C12H19N5O2S. The van der Waals surface area contributed by atoms with Gasteiger partial charge in [-0.05, 0) is 26.8 Å². The highest BCUT2D eigenvalue weighted by molar-refractivity contribution is 7.89. The van der Waals surface area contributed by atoms with E-state index < -0.39 is 10.0 Å². The fourth-order valence-electron chi connectivity index (χ4n) is 1.98. The summed E-state index contributed by atoms with van der Waals surface area (Å²) < 4.78 is 30.4. The van der Waals surface area contributed by atoms with E-state index >= 15 is 0 Å². The number of hydrogen-bond acceptors (Lipinski definition) is 4. The second-order valence-electron chi connectivity index (χ2n) is 4.64. The Morgan fingerprint density at radius 2 is 2.05 bits per heavy atom. The Labute approximate surface area is 118 Å². The van der Waals surface area contributed by atoms with E-state index in [9.17, 15) is 8.42 Å². The first-order valence-electron chi connectivity index (χ1n) is 6.36. The predicted molar refractivity (Wildman–Crippen MR) is 74.6 cm³/mol. The molecule has 0 aromatic carbocycles. The van der Waals surface area contributed by atoms with E-state index in [1.807, 2.05) is 27.0 Å². The summed E-state index contributed by atoms with van der Waals surface area (Å²) in [6.45, 7) is 6.39. The smallest absolute Gasteiger partial charge is 0.244 e. The standard InChI is InChI=1S/C12H19N5O2S/c1-5-17-10(3)12(8-13-17)20(18,19)14-7-11-6-9(2)16(4)15-11/h6,8,14H,5,7H2,1-4H3. The Kier molecular flexibility index (Phi) is 3.96. The lowest BCUT2D eigenvalue weighted by Crippen LogP contribution is -2.24. The Hall–Kier alpha value is -1.67. The summed E-state index contributed by atoms with van der Waals surface area (Å²) in [6, 6.07) is 1.85. The molecule has 8 heteroatoms. The molecule has 0 aliphatic heterocycles. The Bertz CT molecular complexity index is 695. The minimum absolute atomic E-state index is 0.167. The van der Waals surface area contributed by atoms with Gasteiger partial charge in [-0.2, -0.15) is 10.2 Å². The van der Waals surface area contributed by atoms with Gasteiger partial charge in [0.1, 0.15) is 4.90 Å². The van der Waals surface area contributed by atoms with Gasteiger partial charge in [-0.15, -0.1) is 0 Å². The van der Waals surface area contributed by atoms with E-state index in [1.165, 1.54) is 6.20 Å². The maximum absolute atomic E-state index is 12.2. The van der Waals surface area contributed by atoms with Gasteiger partial charge in [-0.3, -0.25) is 9.36 Å². The number of rotatable bonds is 5. The molecule has 0 saturated carbocycles. The quantitative estimate of drug-likeness (QED) is 0.882. The van der Waals surface area contributed by atoms with Gasteiger partial charge in [0.2, 0.25) is 10.0 Å². The van der Waals surface area contributed by atoms with Crippen LogP contribution in [0.5, 0.6) is 0 Å². The molecule has 20 heavy (non-hydrogen) atoms. The molecular weight excluding hydrogens is 278 g/mol. The zero-order chi connectivity index (χ0) is 14.9. The SMILES string of the molecule is CCn1ncc(S(=O)(=O)NCc2cc(C)n(C)n2)c1C. The zero-order valence-corrected chi connectivity index (χ0v) is 12.9. The summed E-state index contributed by atoms with van der Waals surface area (Å²) in [6.07, 6.45) is 1.38. The topological polar surface area (TPSA) is 81.8 Å². The first-order valence-corrected chi connectivity index (χ1v) is 7.85. The lowest BCUT2D eigenvalue weighted by Gasteiger charge is -2.05. The number of aromatic nitrogens is 4. The van der Waals surface area contributed by atoms with Crippen LogP contribution in [0.2, 0.25) is 0 Å². The van der Waals surface area contributed by atoms with Gasteiger partial charge in [0.25, 0.3) is 0 Å². The van der Waals surface area contributed by atoms with Crippen LogP contribution in [0.15, 0.2) is 17.2 Å². The highest BCUT2D eigenvalue weighted by atomic mass is 32.2. The summed E-state index contributed by atoms with van der Waals surface area (Å²) in [5, 5.41) is 8.27. The monoisotopic (exact) mass is 297 g/mol. The van der Waals surface area contributed by atoms with Gasteiger partial charge in [0, 0.05) is 19.3 Å². The maximum atomic E-state index is 12.2. The van der Waals surface area contributed by atoms with Gasteiger partial charge in [-0.1, -0.05) is 0 Å². The highest BCUT2D eigenvalue weighted by Crippen LogP contribution is 2.14. The second kappa shape index (κ2) is 5.37. The van der Waals surface area contributed by atoms with Crippen LogP contribution in [0, 0.1) is 13.8 Å². The van der Waals surface area contributed by atoms with E-state index in [1.54, 1.807) is 16.3 Å². The van der Waals surface area contributed by atoms with Gasteiger partial charge in [0.05, 0.1) is 24.1 Å². The van der Waals surface area contributed by atoms with Crippen LogP contribution in [-0.2, 0) is 30.2 Å². The van der Waals surface area contributed by atoms with Crippen LogP contribution in [0.3, 0.4) is 0 Å². The van der Waals surface area contributed by atoms with Crippen LogP contribution in [0.1, 0.15) is 24.0 Å². The van der Waals surface area contributed by atoms with Crippen LogP contribution >= 0.6 is 0 Å². The second-order valence-corrected chi connectivity index (χ2v) is 6.37. The minimum atomic E-state index is -3.56. The summed E-state index contributed by atoms with van der Waals surface area (Å²) in [7, 11) is -1.74. The van der Waals surface area contributed by atoms with Crippen molar-refractivity contribution in [1.82, 2.24) is 24.3 Å². The number of nitrogens with zero attached hydrogens (tertiary/aromatic N) is 4. The normalized spacial score (nSPS) is 12.0. The first kappa shape index (κ1) is 14.7. The minimum Gasteiger partial charge on any atom is -0.273 e. The molecule has 2 aromatic heterocycles. The molecule has 7 nitrogen and oxygen atoms in total. The van der Waals surface area contributed by atoms with Crippen molar-refractivity contribution in [2.45, 2.75) is 38.8 Å². The van der Waals surface area contributed by atoms with Crippen molar-refractivity contribution in [3.05, 3.63) is 29.3 Å². The number of sulfonamides is 1. The lowest BCUT2D eigenvalue weighted by molar-refractivity contribution is 0.577. The molecule has 0 fully saturated rings. The molecule has 0 bridgehead atoms. The average Bonchev–Trinajstić information content (AvgIpc) is 2.91. The van der Waals surface area contributed by atoms with Crippen molar-refractivity contribution in [3.8, 4) is 0 Å². The number of aryl methyl sites for hydroxylation is 3. The molecule has 0 unspecified atom stereocenters. The summed E-state index contributed by atoms with van der Waals surface area (Å²) in [5.74, 6) is 0. The average molecular weight is 297 g/mol. The Morgan fingerprint density at radius 3 is 2.55 bits per heavy atom. The van der Waals surface area contributed by atoms with E-state index in [4.69, 9.17) is 0 Å². The fraction of sp³-hybridized carbons (Fsp3) is 0.500. The molecule has 1 N–H and O–H groups in total. The summed E-state index contributed by atoms with van der Waals surface area (Å²) in [4.78, 5) is 0.215. The third-order valence-corrected chi connectivity index (χ3v) is 4.76. The van der Waals surface area contributed by atoms with Gasteiger partial charge in [0.15, 0.2) is 0 Å². The van der Waals surface area contributed by atoms with Gasteiger partial charge >= 0.3 is 0 Å². The molecule has 2 rings (SSSR count). The molecule has 2 heterocycles. The molecule has 0 radical (unpaired) electrons. The summed E-state index contributed by atoms with van der Waals surface area (Å²) in [5.41, 5.74) is 2.31. The largest absolute Gasteiger partial charge is 0.273 e. The van der Waals surface area contributed by atoms with Crippen molar-refractivity contribution < 1.29 is 8.42 Å². The van der Waals surface area contributed by atoms with Crippen molar-refractivity contribution >= 4 is 10.0 Å². The van der Waals surface area contributed by atoms with Crippen molar-refractivity contribution in [2.75, 3.05) is 0 Å². The molecule has 0 spiro atoms. The van der Waals surface area contributed by atoms with Crippen molar-refractivity contribution in [3.63, 3.8) is 0 Å². The number of nitrogens with one attached hydrogen (secondary N) is 1. The van der Waals surface area contributed by atoms with E-state index in [2.05, 4.69) is 14.9 Å². The molecule has 0 aliphatic carbocycles. The lowest BCUT2D eigenvalue weighted by atomic mass is 10.4. The van der Waals surface area contributed by atoms with Crippen molar-refractivity contribution in [1.29, 1.82) is 0 Å². The molecule has 0 amide bonds.